The van der Waals surface area contributed by atoms with Crippen LogP contribution in [-0.2, 0) is 16.1 Å². The molecule has 3 rings (SSSR count). The third kappa shape index (κ3) is 8.03. The van der Waals surface area contributed by atoms with Crippen molar-refractivity contribution in [3.05, 3.63) is 88.5 Å². The van der Waals surface area contributed by atoms with E-state index in [1.165, 1.54) is 29.2 Å². The molecule has 3 aromatic rings. The van der Waals surface area contributed by atoms with E-state index in [2.05, 4.69) is 5.32 Å². The van der Waals surface area contributed by atoms with Crippen LogP contribution in [-0.4, -0.2) is 52.2 Å². The van der Waals surface area contributed by atoms with Gasteiger partial charge in [-0.2, -0.15) is 0 Å². The van der Waals surface area contributed by atoms with Crippen LogP contribution in [0.2, 0.25) is 0 Å². The van der Waals surface area contributed by atoms with Crippen LogP contribution in [0.3, 0.4) is 0 Å². The quantitative estimate of drug-likeness (QED) is 0.284. The molecule has 2 N–H and O–H groups in total. The van der Waals surface area contributed by atoms with Crippen LogP contribution in [0.1, 0.15) is 26.3 Å². The molecule has 3 amide bonds. The molecule has 11 heteroatoms. The molecule has 39 heavy (non-hydrogen) atoms. The zero-order valence-electron chi connectivity index (χ0n) is 22.1. The number of carbonyl (C=O) groups is 3. The minimum absolute atomic E-state index is 0.133. The van der Waals surface area contributed by atoms with E-state index >= 15 is 0 Å². The number of carboxylic acid groups (broad SMARTS) is 1. The Morgan fingerprint density at radius 2 is 1.54 bits per heavy atom. The van der Waals surface area contributed by atoms with E-state index in [0.29, 0.717) is 12.2 Å². The monoisotopic (exact) mass is 534 g/mol. The molecule has 0 heterocycles. The number of hydrogen-bond donors (Lipinski definition) is 2. The number of amides is 3. The second-order valence-corrected chi connectivity index (χ2v) is 9.74. The summed E-state index contributed by atoms with van der Waals surface area (Å²) in [5.41, 5.74) is 2.41. The minimum atomic E-state index is -1.23. The fourth-order valence-electron chi connectivity index (χ4n) is 3.70. The van der Waals surface area contributed by atoms with Crippen LogP contribution < -0.4 is 10.2 Å². The summed E-state index contributed by atoms with van der Waals surface area (Å²) in [5, 5.41) is 23.1. The van der Waals surface area contributed by atoms with Crippen molar-refractivity contribution in [3.8, 4) is 11.1 Å². The summed E-state index contributed by atoms with van der Waals surface area (Å²) in [6, 6.07) is 19.7. The largest absolute Gasteiger partial charge is 0.464 e. The van der Waals surface area contributed by atoms with E-state index in [9.17, 15) is 29.6 Å². The first-order chi connectivity index (χ1) is 18.3. The van der Waals surface area contributed by atoms with E-state index in [-0.39, 0.29) is 23.8 Å². The molecule has 0 saturated heterocycles. The van der Waals surface area contributed by atoms with Crippen molar-refractivity contribution < 1.29 is 29.2 Å². The average Bonchev–Trinajstić information content (AvgIpc) is 2.87. The maximum atomic E-state index is 12.5. The van der Waals surface area contributed by atoms with E-state index in [1.807, 2.05) is 24.3 Å². The first-order valence-corrected chi connectivity index (χ1v) is 12.0. The molecule has 0 aromatic heterocycles. The third-order valence-corrected chi connectivity index (χ3v) is 5.52. The lowest BCUT2D eigenvalue weighted by atomic mass is 10.0. The van der Waals surface area contributed by atoms with Gasteiger partial charge in [-0.05, 0) is 67.8 Å². The Balaban J connectivity index is 1.69. The zero-order chi connectivity index (χ0) is 28.7. The smallest absolute Gasteiger partial charge is 0.416 e. The molecule has 0 atom stereocenters. The molecule has 3 aromatic carbocycles. The SMILES string of the molecule is CN(Cc1cccc(-c2ccc(N(C(=O)O)c3ccc([N+](=O)[O-])cc3)cc2)c1)C(=O)CNC(=O)OC(C)(C)C. The topological polar surface area (TPSA) is 142 Å². The van der Waals surface area contributed by atoms with E-state index < -0.39 is 22.7 Å². The van der Waals surface area contributed by atoms with Crippen molar-refractivity contribution in [2.24, 2.45) is 0 Å². The molecule has 0 saturated carbocycles. The number of nitrogens with zero attached hydrogens (tertiary/aromatic N) is 3. The maximum Gasteiger partial charge on any atom is 0.416 e. The van der Waals surface area contributed by atoms with E-state index in [4.69, 9.17) is 4.74 Å². The van der Waals surface area contributed by atoms with Gasteiger partial charge in [0.25, 0.3) is 5.69 Å². The van der Waals surface area contributed by atoms with Crippen molar-refractivity contribution in [2.75, 3.05) is 18.5 Å². The fraction of sp³-hybridized carbons (Fsp3) is 0.250. The number of rotatable bonds is 8. The maximum absolute atomic E-state index is 12.5. The van der Waals surface area contributed by atoms with Gasteiger partial charge in [0.2, 0.25) is 5.91 Å². The Morgan fingerprint density at radius 1 is 0.949 bits per heavy atom. The van der Waals surface area contributed by atoms with Crippen LogP contribution in [0.15, 0.2) is 72.8 Å². The summed E-state index contributed by atoms with van der Waals surface area (Å²) >= 11 is 0. The highest BCUT2D eigenvalue weighted by atomic mass is 16.6. The van der Waals surface area contributed by atoms with Gasteiger partial charge in [-0.3, -0.25) is 14.9 Å². The van der Waals surface area contributed by atoms with Gasteiger partial charge >= 0.3 is 12.2 Å². The highest BCUT2D eigenvalue weighted by Crippen LogP contribution is 2.30. The van der Waals surface area contributed by atoms with Crippen molar-refractivity contribution in [2.45, 2.75) is 32.9 Å². The molecular weight excluding hydrogens is 504 g/mol. The molecule has 204 valence electrons. The van der Waals surface area contributed by atoms with Gasteiger partial charge in [-0.25, -0.2) is 14.5 Å². The molecule has 0 aliphatic carbocycles. The number of nitro benzene ring substituents is 1. The average molecular weight is 535 g/mol. The third-order valence-electron chi connectivity index (χ3n) is 5.52. The Kier molecular flexibility index (Phi) is 8.87. The molecule has 0 unspecified atom stereocenters. The number of nitrogens with one attached hydrogen (secondary N) is 1. The second kappa shape index (κ2) is 12.1. The number of non-ortho nitro benzene ring substituents is 1. The molecule has 0 aliphatic heterocycles. The van der Waals surface area contributed by atoms with Crippen LogP contribution in [0, 0.1) is 10.1 Å². The highest BCUT2D eigenvalue weighted by Gasteiger charge is 2.19. The van der Waals surface area contributed by atoms with Crippen molar-refractivity contribution >= 4 is 35.2 Å². The van der Waals surface area contributed by atoms with Gasteiger partial charge in [0.05, 0.1) is 16.3 Å². The Labute approximate surface area is 225 Å². The lowest BCUT2D eigenvalue weighted by Crippen LogP contribution is -2.40. The first kappa shape index (κ1) is 28.6. The van der Waals surface area contributed by atoms with Gasteiger partial charge in [0, 0.05) is 25.7 Å². The number of carbonyl (C=O) groups excluding carboxylic acids is 2. The van der Waals surface area contributed by atoms with Gasteiger partial charge in [0.1, 0.15) is 12.1 Å². The molecule has 0 fully saturated rings. The normalized spacial score (nSPS) is 10.9. The van der Waals surface area contributed by atoms with Gasteiger partial charge in [0.15, 0.2) is 0 Å². The van der Waals surface area contributed by atoms with Crippen molar-refractivity contribution in [1.82, 2.24) is 10.2 Å². The molecular formula is C28H30N4O7. The predicted octanol–water partition coefficient (Wildman–Crippen LogP) is 5.56. The Hall–Kier alpha value is -4.93. The van der Waals surface area contributed by atoms with Crippen LogP contribution >= 0.6 is 0 Å². The molecule has 11 nitrogen and oxygen atoms in total. The number of hydrogen-bond acceptors (Lipinski definition) is 6. The van der Waals surface area contributed by atoms with Crippen LogP contribution in [0.4, 0.5) is 26.7 Å². The summed E-state index contributed by atoms with van der Waals surface area (Å²) in [7, 11) is 1.64. The summed E-state index contributed by atoms with van der Waals surface area (Å²) < 4.78 is 5.14. The summed E-state index contributed by atoms with van der Waals surface area (Å²) in [6.45, 7) is 5.34. The summed E-state index contributed by atoms with van der Waals surface area (Å²) in [6.07, 6.45) is -1.89. The lowest BCUT2D eigenvalue weighted by Gasteiger charge is -2.21. The number of ether oxygens (including phenoxy) is 1. The fourth-order valence-corrected chi connectivity index (χ4v) is 3.70. The predicted molar refractivity (Wildman–Crippen MR) is 146 cm³/mol. The number of likely N-dealkylation sites (N-methyl/N-ethyl adjacent to an activating group) is 1. The molecule has 0 spiro atoms. The zero-order valence-corrected chi connectivity index (χ0v) is 22.1. The summed E-state index contributed by atoms with van der Waals surface area (Å²) in [4.78, 5) is 49.1. The van der Waals surface area contributed by atoms with Gasteiger partial charge in [-0.15, -0.1) is 0 Å². The number of alkyl carbamates (subject to hydrolysis) is 1. The molecule has 0 radical (unpaired) electrons. The molecule has 0 aliphatic rings. The lowest BCUT2D eigenvalue weighted by molar-refractivity contribution is -0.384. The Bertz CT molecular complexity index is 1350. The van der Waals surface area contributed by atoms with Crippen LogP contribution in [0.5, 0.6) is 0 Å². The van der Waals surface area contributed by atoms with E-state index in [1.54, 1.807) is 52.1 Å². The van der Waals surface area contributed by atoms with Gasteiger partial charge in [-0.1, -0.05) is 30.3 Å². The minimum Gasteiger partial charge on any atom is -0.464 e. The number of nitro groups is 1. The Morgan fingerprint density at radius 3 is 2.08 bits per heavy atom. The molecule has 0 bridgehead atoms. The number of anilines is 2. The van der Waals surface area contributed by atoms with E-state index in [0.717, 1.165) is 21.6 Å². The second-order valence-electron chi connectivity index (χ2n) is 9.74. The highest BCUT2D eigenvalue weighted by molar-refractivity contribution is 5.95. The first-order valence-electron chi connectivity index (χ1n) is 12.0. The standard InChI is InChI=1S/C28H30N4O7/c1-28(2,3)39-26(34)29-17-25(33)30(4)18-19-6-5-7-21(16-19)20-8-10-22(11-9-20)31(27(35)36)23-12-14-24(15-13-23)32(37)38/h5-16H,17-18H2,1-4H3,(H,29,34)(H,35,36). The van der Waals surface area contributed by atoms with Gasteiger partial charge < -0.3 is 20.1 Å². The number of benzene rings is 3. The van der Waals surface area contributed by atoms with Crippen LogP contribution in [0.25, 0.3) is 11.1 Å². The van der Waals surface area contributed by atoms with Crippen molar-refractivity contribution in [3.63, 3.8) is 0 Å². The summed E-state index contributed by atoms with van der Waals surface area (Å²) in [5.74, 6) is -0.282. The van der Waals surface area contributed by atoms with Crippen molar-refractivity contribution in [1.29, 1.82) is 0 Å².